The van der Waals surface area contributed by atoms with Crippen LogP contribution < -0.4 is 0 Å². The number of fused-ring (bicyclic) bond motifs is 1. The van der Waals surface area contributed by atoms with E-state index in [0.717, 1.165) is 6.29 Å². The van der Waals surface area contributed by atoms with E-state index < -0.39 is 4.92 Å². The predicted octanol–water partition coefficient (Wildman–Crippen LogP) is 0.553. The quantitative estimate of drug-likeness (QED) is 0.392. The van der Waals surface area contributed by atoms with E-state index >= 15 is 0 Å². The molecule has 1 aliphatic rings. The molecule has 2 heterocycles. The average Bonchev–Trinajstić information content (AvgIpc) is 2.59. The molecule has 0 bridgehead atoms. The third-order valence-electron chi connectivity index (χ3n) is 2.47. The lowest BCUT2D eigenvalue weighted by molar-refractivity contribution is -0.390. The lowest BCUT2D eigenvalue weighted by Gasteiger charge is -2.17. The van der Waals surface area contributed by atoms with Crippen LogP contribution in [-0.2, 0) is 17.8 Å². The SMILES string of the molecule is O=CC1CCc2c([N+](=O)[O-])ncn2C1. The zero-order valence-corrected chi connectivity index (χ0v) is 7.42. The number of imidazole rings is 1. The summed E-state index contributed by atoms with van der Waals surface area (Å²) in [7, 11) is 0. The van der Waals surface area contributed by atoms with Gasteiger partial charge in [-0.05, 0) is 22.7 Å². The Kier molecular flexibility index (Phi) is 2.03. The topological polar surface area (TPSA) is 78.0 Å². The summed E-state index contributed by atoms with van der Waals surface area (Å²) >= 11 is 0. The van der Waals surface area contributed by atoms with Crippen LogP contribution in [0, 0.1) is 16.0 Å². The average molecular weight is 195 g/mol. The number of hydrogen-bond acceptors (Lipinski definition) is 4. The Bertz CT molecular complexity index is 385. The summed E-state index contributed by atoms with van der Waals surface area (Å²) in [5.41, 5.74) is 0.633. The molecule has 14 heavy (non-hydrogen) atoms. The van der Waals surface area contributed by atoms with E-state index in [4.69, 9.17) is 0 Å². The molecule has 1 aliphatic heterocycles. The van der Waals surface area contributed by atoms with Crippen molar-refractivity contribution >= 4 is 12.1 Å². The molecular formula is C8H9N3O3. The van der Waals surface area contributed by atoms with Crippen LogP contribution in [-0.4, -0.2) is 20.8 Å². The van der Waals surface area contributed by atoms with Gasteiger partial charge in [0.1, 0.15) is 12.0 Å². The van der Waals surface area contributed by atoms with Crippen LogP contribution in [0.15, 0.2) is 6.33 Å². The van der Waals surface area contributed by atoms with E-state index in [1.54, 1.807) is 4.57 Å². The highest BCUT2D eigenvalue weighted by Crippen LogP contribution is 2.25. The summed E-state index contributed by atoms with van der Waals surface area (Å²) in [6, 6.07) is 0. The largest absolute Gasteiger partial charge is 0.384 e. The molecule has 0 N–H and O–H groups in total. The Morgan fingerprint density at radius 3 is 3.14 bits per heavy atom. The Morgan fingerprint density at radius 2 is 2.50 bits per heavy atom. The number of carbonyl (C=O) groups is 1. The van der Waals surface area contributed by atoms with Crippen molar-refractivity contribution in [1.82, 2.24) is 9.55 Å². The first kappa shape index (κ1) is 8.86. The molecule has 0 amide bonds. The van der Waals surface area contributed by atoms with Crippen molar-refractivity contribution in [2.75, 3.05) is 0 Å². The van der Waals surface area contributed by atoms with Crippen molar-refractivity contribution in [1.29, 1.82) is 0 Å². The maximum Gasteiger partial charge on any atom is 0.384 e. The number of rotatable bonds is 2. The number of aromatic nitrogens is 2. The van der Waals surface area contributed by atoms with Gasteiger partial charge in [-0.2, -0.15) is 0 Å². The van der Waals surface area contributed by atoms with Gasteiger partial charge in [0.2, 0.25) is 6.33 Å². The minimum atomic E-state index is -0.479. The van der Waals surface area contributed by atoms with E-state index in [1.165, 1.54) is 6.33 Å². The molecule has 74 valence electrons. The molecule has 6 heteroatoms. The third kappa shape index (κ3) is 1.28. The van der Waals surface area contributed by atoms with Gasteiger partial charge < -0.3 is 19.5 Å². The molecule has 0 fully saturated rings. The van der Waals surface area contributed by atoms with Crippen LogP contribution in [0.1, 0.15) is 12.1 Å². The second-order valence-corrected chi connectivity index (χ2v) is 3.36. The lowest BCUT2D eigenvalue weighted by atomic mass is 9.99. The Morgan fingerprint density at radius 1 is 1.71 bits per heavy atom. The van der Waals surface area contributed by atoms with Crippen LogP contribution in [0.3, 0.4) is 0 Å². The van der Waals surface area contributed by atoms with Crippen molar-refractivity contribution in [3.63, 3.8) is 0 Å². The van der Waals surface area contributed by atoms with Crippen LogP contribution >= 0.6 is 0 Å². The summed E-state index contributed by atoms with van der Waals surface area (Å²) in [6.07, 6.45) is 3.56. The zero-order valence-electron chi connectivity index (χ0n) is 7.42. The highest BCUT2D eigenvalue weighted by Gasteiger charge is 2.27. The zero-order chi connectivity index (χ0) is 10.1. The monoisotopic (exact) mass is 195 g/mol. The summed E-state index contributed by atoms with van der Waals surface area (Å²) < 4.78 is 1.70. The first-order chi connectivity index (χ1) is 6.72. The summed E-state index contributed by atoms with van der Waals surface area (Å²) in [4.78, 5) is 24.3. The van der Waals surface area contributed by atoms with Crippen molar-refractivity contribution < 1.29 is 9.72 Å². The Labute approximate surface area is 79.7 Å². The molecule has 0 radical (unpaired) electrons. The van der Waals surface area contributed by atoms with Crippen LogP contribution in [0.5, 0.6) is 0 Å². The van der Waals surface area contributed by atoms with Gasteiger partial charge in [-0.1, -0.05) is 0 Å². The number of carbonyl (C=O) groups excluding carboxylic acids is 1. The molecule has 0 aliphatic carbocycles. The number of hydrogen-bond donors (Lipinski definition) is 0. The van der Waals surface area contributed by atoms with Gasteiger partial charge in [0.25, 0.3) is 0 Å². The van der Waals surface area contributed by atoms with E-state index in [1.807, 2.05) is 0 Å². The van der Waals surface area contributed by atoms with E-state index in [-0.39, 0.29) is 11.7 Å². The normalized spacial score (nSPS) is 20.1. The van der Waals surface area contributed by atoms with Gasteiger partial charge in [0.15, 0.2) is 0 Å². The second-order valence-electron chi connectivity index (χ2n) is 3.36. The fourth-order valence-electron chi connectivity index (χ4n) is 1.74. The summed E-state index contributed by atoms with van der Waals surface area (Å²) in [5.74, 6) is -0.106. The third-order valence-corrected chi connectivity index (χ3v) is 2.47. The van der Waals surface area contributed by atoms with Crippen LogP contribution in [0.2, 0.25) is 0 Å². The van der Waals surface area contributed by atoms with Gasteiger partial charge in [0.05, 0.1) is 0 Å². The fourth-order valence-corrected chi connectivity index (χ4v) is 1.74. The molecule has 0 aromatic carbocycles. The first-order valence-corrected chi connectivity index (χ1v) is 4.36. The van der Waals surface area contributed by atoms with Crippen molar-refractivity contribution in [2.24, 2.45) is 5.92 Å². The first-order valence-electron chi connectivity index (χ1n) is 4.36. The predicted molar refractivity (Wildman–Crippen MR) is 46.8 cm³/mol. The molecule has 0 saturated heterocycles. The summed E-state index contributed by atoms with van der Waals surface area (Å²) in [6.45, 7) is 0.514. The van der Waals surface area contributed by atoms with Gasteiger partial charge in [-0.3, -0.25) is 0 Å². The maximum absolute atomic E-state index is 10.5. The highest BCUT2D eigenvalue weighted by molar-refractivity contribution is 5.54. The standard InChI is InChI=1S/C8H9N3O3/c12-4-6-1-2-7-8(11(13)14)9-5-10(7)3-6/h4-6H,1-3H2. The van der Waals surface area contributed by atoms with Crippen LogP contribution in [0.25, 0.3) is 0 Å². The summed E-state index contributed by atoms with van der Waals surface area (Å²) in [5, 5.41) is 10.5. The Hall–Kier alpha value is -1.72. The molecule has 2 rings (SSSR count). The maximum atomic E-state index is 10.5. The number of nitrogens with zero attached hydrogens (tertiary/aromatic N) is 3. The molecule has 1 unspecified atom stereocenters. The van der Waals surface area contributed by atoms with Crippen LogP contribution in [0.4, 0.5) is 5.82 Å². The van der Waals surface area contributed by atoms with Gasteiger partial charge in [-0.25, -0.2) is 0 Å². The van der Waals surface area contributed by atoms with Crippen molar-refractivity contribution in [3.8, 4) is 0 Å². The van der Waals surface area contributed by atoms with E-state index in [9.17, 15) is 14.9 Å². The smallest absolute Gasteiger partial charge is 0.358 e. The number of nitro groups is 1. The lowest BCUT2D eigenvalue weighted by Crippen LogP contribution is -2.20. The molecule has 1 aromatic heterocycles. The van der Waals surface area contributed by atoms with E-state index in [2.05, 4.69) is 4.98 Å². The van der Waals surface area contributed by atoms with Gasteiger partial charge in [0, 0.05) is 12.5 Å². The molecule has 6 nitrogen and oxygen atoms in total. The molecule has 1 aromatic rings. The van der Waals surface area contributed by atoms with Crippen molar-refractivity contribution in [3.05, 3.63) is 22.1 Å². The molecular weight excluding hydrogens is 186 g/mol. The Balaban J connectivity index is 2.33. The second kappa shape index (κ2) is 3.21. The van der Waals surface area contributed by atoms with Crippen molar-refractivity contribution in [2.45, 2.75) is 19.4 Å². The van der Waals surface area contributed by atoms with Gasteiger partial charge >= 0.3 is 5.82 Å². The fraction of sp³-hybridized carbons (Fsp3) is 0.500. The molecule has 0 saturated carbocycles. The van der Waals surface area contributed by atoms with E-state index in [0.29, 0.717) is 25.1 Å². The van der Waals surface area contributed by atoms with Gasteiger partial charge in [-0.15, -0.1) is 0 Å². The minimum absolute atomic E-state index is 0.0312. The molecule has 1 atom stereocenters. The highest BCUT2D eigenvalue weighted by atomic mass is 16.6. The number of aldehydes is 1. The molecule has 0 spiro atoms. The minimum Gasteiger partial charge on any atom is -0.358 e.